The van der Waals surface area contributed by atoms with E-state index in [9.17, 15) is 9.50 Å². The third kappa shape index (κ3) is 2.41. The van der Waals surface area contributed by atoms with Crippen molar-refractivity contribution in [2.24, 2.45) is 5.41 Å². The van der Waals surface area contributed by atoms with E-state index in [1.54, 1.807) is 0 Å². The summed E-state index contributed by atoms with van der Waals surface area (Å²) < 4.78 is 15.1. The molecule has 0 spiro atoms. The molecule has 14 heavy (non-hydrogen) atoms. The van der Waals surface area contributed by atoms with E-state index >= 15 is 0 Å². The van der Waals surface area contributed by atoms with Gasteiger partial charge in [-0.15, -0.1) is 0 Å². The van der Waals surface area contributed by atoms with Crippen molar-refractivity contribution < 1.29 is 14.2 Å². The van der Waals surface area contributed by atoms with Gasteiger partial charge in [-0.25, -0.2) is 0 Å². The van der Waals surface area contributed by atoms with E-state index in [4.69, 9.17) is 4.74 Å². The fraction of sp³-hybridized carbons (Fsp3) is 0.889. The Morgan fingerprint density at radius 3 is 2.79 bits per heavy atom. The predicted octanol–water partition coefficient (Wildman–Crippen LogP) is 0.267. The van der Waals surface area contributed by atoms with Gasteiger partial charge in [0, 0.05) is 0 Å². The summed E-state index contributed by atoms with van der Waals surface area (Å²) in [5, 5.41) is 0. The fourth-order valence-electron chi connectivity index (χ4n) is 2.03. The van der Waals surface area contributed by atoms with Gasteiger partial charge in [-0.05, 0) is 0 Å². The van der Waals surface area contributed by atoms with Gasteiger partial charge in [0.1, 0.15) is 0 Å². The molecule has 0 aliphatic carbocycles. The number of carbonyl (C=O) groups is 1. The number of rotatable bonds is 3. The van der Waals surface area contributed by atoms with E-state index in [2.05, 4.69) is 13.8 Å². The molecule has 0 saturated carbocycles. The second-order valence-electron chi connectivity index (χ2n) is 4.50. The van der Waals surface area contributed by atoms with E-state index in [1.807, 2.05) is 4.90 Å². The number of hydrogen-bond donors (Lipinski definition) is 0. The maximum atomic E-state index is 11.4. The molecule has 1 saturated heterocycles. The zero-order chi connectivity index (χ0) is 10.8. The van der Waals surface area contributed by atoms with Crippen LogP contribution in [0.2, 0.25) is 0 Å². The van der Waals surface area contributed by atoms with Crippen LogP contribution < -0.4 is 0 Å². The average Bonchev–Trinajstić information content (AvgIpc) is 2.41. The first-order valence-electron chi connectivity index (χ1n) is 4.76. The molecule has 1 aliphatic heterocycles. The minimum atomic E-state index is -0.250. The molecule has 4 nitrogen and oxygen atoms in total. The van der Waals surface area contributed by atoms with Gasteiger partial charge >= 0.3 is 84.1 Å². The van der Waals surface area contributed by atoms with Gasteiger partial charge in [0.05, 0.1) is 0 Å². The van der Waals surface area contributed by atoms with Crippen molar-refractivity contribution in [1.82, 2.24) is 4.90 Å². The zero-order valence-electron chi connectivity index (χ0n) is 8.95. The molecule has 78 valence electrons. The fourth-order valence-corrected chi connectivity index (χ4v) is 2.03. The number of likely N-dealkylation sites (tertiary alicyclic amines) is 1. The number of hydrogen-bond acceptors (Lipinski definition) is 4. The van der Waals surface area contributed by atoms with Crippen LogP contribution in [0, 0.1) is 5.41 Å². The number of esters is 1. The Morgan fingerprint density at radius 2 is 2.29 bits per heavy atom. The minimum absolute atomic E-state index is 0.0852. The first-order chi connectivity index (χ1) is 6.50. The molecule has 0 aromatic rings. The number of carbonyl (C=O) groups excluding carboxylic acids is 1. The summed E-state index contributed by atoms with van der Waals surface area (Å²) in [6.07, 6.45) is 1.07. The van der Waals surface area contributed by atoms with E-state index in [0.29, 0.717) is 6.44 Å². The Hall–Kier alpha value is -0.705. The Labute approximate surface area is 84.9 Å². The van der Waals surface area contributed by atoms with Crippen molar-refractivity contribution in [3.63, 3.8) is 0 Å². The third-order valence-corrected chi connectivity index (χ3v) is 2.60. The molecule has 1 fully saturated rings. The normalized spacial score (nSPS) is 25.8. The van der Waals surface area contributed by atoms with Crippen LogP contribution in [0.3, 0.4) is 0 Å². The van der Waals surface area contributed by atoms with Crippen molar-refractivity contribution in [3.8, 4) is 0 Å². The summed E-state index contributed by atoms with van der Waals surface area (Å²) in [6.45, 7) is 4.95. The van der Waals surface area contributed by atoms with E-state index in [0.717, 1.165) is 20.1 Å². The molecule has 1 aliphatic rings. The molecule has 0 radical (unpaired) electrons. The van der Waals surface area contributed by atoms with Crippen molar-refractivity contribution in [3.05, 3.63) is 0 Å². The summed E-state index contributed by atoms with van der Waals surface area (Å²) in [7, 11) is 2.21. The molecular formula is C9H16BNO3. The van der Waals surface area contributed by atoms with Crippen LogP contribution in [0.1, 0.15) is 20.3 Å². The van der Waals surface area contributed by atoms with Crippen LogP contribution in [0.25, 0.3) is 0 Å². The van der Waals surface area contributed by atoms with Crippen molar-refractivity contribution in [2.45, 2.75) is 26.3 Å². The molecule has 0 N–H and O–H groups in total. The summed E-state index contributed by atoms with van der Waals surface area (Å²) in [5.74, 6) is -0.238. The van der Waals surface area contributed by atoms with Gasteiger partial charge in [0.2, 0.25) is 0 Å². The van der Waals surface area contributed by atoms with Crippen LogP contribution >= 0.6 is 0 Å². The van der Waals surface area contributed by atoms with Gasteiger partial charge < -0.3 is 0 Å². The van der Waals surface area contributed by atoms with Gasteiger partial charge in [-0.3, -0.25) is 0 Å². The van der Waals surface area contributed by atoms with Crippen LogP contribution in [-0.2, 0) is 14.2 Å². The summed E-state index contributed by atoms with van der Waals surface area (Å²) >= 11 is 0. The van der Waals surface area contributed by atoms with Gasteiger partial charge in [0.25, 0.3) is 0 Å². The number of ether oxygens (including phenoxy) is 1. The second-order valence-corrected chi connectivity index (χ2v) is 4.50. The van der Waals surface area contributed by atoms with Crippen LogP contribution in [0.15, 0.2) is 0 Å². The molecule has 1 unspecified atom stereocenters. The molecule has 1 heterocycles. The van der Waals surface area contributed by atoms with Crippen molar-refractivity contribution >= 4 is 13.1 Å². The Morgan fingerprint density at radius 1 is 1.64 bits per heavy atom. The standard InChI is InChI=1S/C9H16BNO3/c1-9(2)4-7(8(12)14-3)11(5-9)6-10-13/h7H,4-6H2,1-3H3. The zero-order valence-corrected chi connectivity index (χ0v) is 8.95. The first kappa shape index (κ1) is 11.4. The summed E-state index contributed by atoms with van der Waals surface area (Å²) in [6, 6.07) is -0.250. The summed E-state index contributed by atoms with van der Waals surface area (Å²) in [5.41, 5.74) is 0.0852. The molecule has 0 aromatic carbocycles. The summed E-state index contributed by atoms with van der Waals surface area (Å²) in [4.78, 5) is 13.3. The van der Waals surface area contributed by atoms with E-state index in [1.165, 1.54) is 7.11 Å². The van der Waals surface area contributed by atoms with Gasteiger partial charge in [-0.2, -0.15) is 0 Å². The van der Waals surface area contributed by atoms with Crippen molar-refractivity contribution in [2.75, 3.05) is 20.1 Å². The molecule has 0 aromatic heterocycles. The second kappa shape index (κ2) is 4.21. The van der Waals surface area contributed by atoms with Crippen LogP contribution in [0.4, 0.5) is 0 Å². The Balaban J connectivity index is 2.71. The third-order valence-electron chi connectivity index (χ3n) is 2.60. The molecule has 0 amide bonds. The molecular weight excluding hydrogens is 181 g/mol. The van der Waals surface area contributed by atoms with Crippen LogP contribution in [-0.4, -0.2) is 44.2 Å². The van der Waals surface area contributed by atoms with Gasteiger partial charge in [0.15, 0.2) is 0 Å². The number of nitrogens with zero attached hydrogens (tertiary/aromatic N) is 1. The van der Waals surface area contributed by atoms with E-state index < -0.39 is 0 Å². The van der Waals surface area contributed by atoms with E-state index in [-0.39, 0.29) is 17.4 Å². The molecule has 5 heteroatoms. The predicted molar refractivity (Wildman–Crippen MR) is 52.2 cm³/mol. The maximum absolute atomic E-state index is 11.4. The molecule has 1 rings (SSSR count). The topological polar surface area (TPSA) is 46.6 Å². The molecule has 0 bridgehead atoms. The Kier molecular flexibility index (Phi) is 3.42. The molecule has 1 atom stereocenters. The average molecular weight is 197 g/mol. The van der Waals surface area contributed by atoms with Gasteiger partial charge in [-0.1, -0.05) is 0 Å². The Bertz CT molecular complexity index is 242. The number of methoxy groups -OCH3 is 1. The quantitative estimate of drug-likeness (QED) is 0.481. The SMILES string of the molecule is COC(=O)C1CC(C)(C)CN1CB=O. The monoisotopic (exact) mass is 197 g/mol. The van der Waals surface area contributed by atoms with Crippen molar-refractivity contribution in [1.29, 1.82) is 0 Å². The first-order valence-corrected chi connectivity index (χ1v) is 4.76. The van der Waals surface area contributed by atoms with Crippen LogP contribution in [0.5, 0.6) is 0 Å².